The van der Waals surface area contributed by atoms with Gasteiger partial charge in [-0.15, -0.1) is 0 Å². The van der Waals surface area contributed by atoms with Crippen LogP contribution in [-0.4, -0.2) is 7.76 Å². The third-order valence-corrected chi connectivity index (χ3v) is 3.55. The van der Waals surface area contributed by atoms with Crippen molar-refractivity contribution in [3.8, 4) is 0 Å². The SMILES string of the molecule is CCc1cccc2c1nc(CC)n2I. The number of halogens is 1. The number of rotatable bonds is 2. The minimum atomic E-state index is 0.987. The number of imidazole rings is 1. The number of fused-ring (bicyclic) bond motifs is 1. The average molecular weight is 300 g/mol. The molecule has 0 spiro atoms. The van der Waals surface area contributed by atoms with Crippen LogP contribution in [0.3, 0.4) is 0 Å². The molecular weight excluding hydrogens is 287 g/mol. The first-order valence-electron chi connectivity index (χ1n) is 4.93. The van der Waals surface area contributed by atoms with Gasteiger partial charge in [0.1, 0.15) is 5.82 Å². The number of nitrogens with zero attached hydrogens (tertiary/aromatic N) is 2. The van der Waals surface area contributed by atoms with Crippen molar-refractivity contribution < 1.29 is 0 Å². The van der Waals surface area contributed by atoms with Crippen molar-refractivity contribution >= 4 is 33.9 Å². The molecule has 0 fully saturated rings. The number of aromatic nitrogens is 2. The van der Waals surface area contributed by atoms with E-state index in [9.17, 15) is 0 Å². The number of benzene rings is 1. The Bertz CT molecular complexity index is 460. The van der Waals surface area contributed by atoms with Crippen LogP contribution < -0.4 is 0 Å². The summed E-state index contributed by atoms with van der Waals surface area (Å²) in [6.07, 6.45) is 2.04. The maximum atomic E-state index is 4.66. The topological polar surface area (TPSA) is 17.8 Å². The Balaban J connectivity index is 2.77. The summed E-state index contributed by atoms with van der Waals surface area (Å²) >= 11 is 2.32. The molecule has 0 N–H and O–H groups in total. The van der Waals surface area contributed by atoms with E-state index in [1.807, 2.05) is 0 Å². The molecule has 1 heterocycles. The highest BCUT2D eigenvalue weighted by atomic mass is 127. The molecule has 0 saturated heterocycles. The van der Waals surface area contributed by atoms with E-state index in [0.29, 0.717) is 0 Å². The molecule has 0 saturated carbocycles. The van der Waals surface area contributed by atoms with E-state index in [1.54, 1.807) is 0 Å². The summed E-state index contributed by atoms with van der Waals surface area (Å²) in [7, 11) is 0. The normalized spacial score (nSPS) is 11.1. The van der Waals surface area contributed by atoms with Crippen LogP contribution >= 0.6 is 22.9 Å². The number of hydrogen-bond acceptors (Lipinski definition) is 1. The van der Waals surface area contributed by atoms with E-state index in [-0.39, 0.29) is 0 Å². The van der Waals surface area contributed by atoms with Gasteiger partial charge in [0.15, 0.2) is 0 Å². The Morgan fingerprint density at radius 2 is 2.07 bits per heavy atom. The van der Waals surface area contributed by atoms with Crippen molar-refractivity contribution in [2.75, 3.05) is 0 Å². The molecule has 2 aromatic rings. The van der Waals surface area contributed by atoms with Crippen molar-refractivity contribution in [2.24, 2.45) is 0 Å². The fourth-order valence-corrected chi connectivity index (χ4v) is 2.52. The molecule has 2 nitrogen and oxygen atoms in total. The van der Waals surface area contributed by atoms with Gasteiger partial charge in [-0.1, -0.05) is 26.0 Å². The summed E-state index contributed by atoms with van der Waals surface area (Å²) < 4.78 is 2.16. The monoisotopic (exact) mass is 300 g/mol. The first kappa shape index (κ1) is 9.96. The standard InChI is InChI=1S/C11H13IN2/c1-3-8-6-5-7-9-11(8)13-10(4-2)14(9)12/h5-7H,3-4H2,1-2H3. The maximum Gasteiger partial charge on any atom is 0.118 e. The lowest BCUT2D eigenvalue weighted by Gasteiger charge is -1.97. The van der Waals surface area contributed by atoms with Crippen molar-refractivity contribution in [2.45, 2.75) is 26.7 Å². The second-order valence-electron chi connectivity index (χ2n) is 3.30. The zero-order valence-electron chi connectivity index (χ0n) is 8.42. The lowest BCUT2D eigenvalue weighted by molar-refractivity contribution is 0.987. The first-order chi connectivity index (χ1) is 6.77. The fourth-order valence-electron chi connectivity index (χ4n) is 1.68. The molecule has 74 valence electrons. The van der Waals surface area contributed by atoms with Gasteiger partial charge in [-0.2, -0.15) is 0 Å². The van der Waals surface area contributed by atoms with Crippen LogP contribution in [0.25, 0.3) is 11.0 Å². The first-order valence-corrected chi connectivity index (χ1v) is 5.89. The Morgan fingerprint density at radius 3 is 2.71 bits per heavy atom. The molecule has 1 aromatic carbocycles. The van der Waals surface area contributed by atoms with Gasteiger partial charge in [0.05, 0.1) is 33.9 Å². The maximum absolute atomic E-state index is 4.66. The summed E-state index contributed by atoms with van der Waals surface area (Å²) in [5.74, 6) is 1.15. The number of hydrogen-bond donors (Lipinski definition) is 0. The number of aryl methyl sites for hydroxylation is 2. The molecule has 0 aliphatic carbocycles. The highest BCUT2D eigenvalue weighted by Gasteiger charge is 2.09. The number of para-hydroxylation sites is 1. The van der Waals surface area contributed by atoms with E-state index in [2.05, 4.69) is 62.7 Å². The van der Waals surface area contributed by atoms with Crippen LogP contribution in [-0.2, 0) is 12.8 Å². The minimum Gasteiger partial charge on any atom is -0.268 e. The second-order valence-corrected chi connectivity index (χ2v) is 4.27. The van der Waals surface area contributed by atoms with Crippen LogP contribution in [0.2, 0.25) is 0 Å². The lowest BCUT2D eigenvalue weighted by Crippen LogP contribution is -1.87. The predicted octanol–water partition coefficient (Wildman–Crippen LogP) is 3.36. The predicted molar refractivity (Wildman–Crippen MR) is 67.9 cm³/mol. The fraction of sp³-hybridized carbons (Fsp3) is 0.364. The second kappa shape index (κ2) is 3.88. The van der Waals surface area contributed by atoms with Gasteiger partial charge in [0.25, 0.3) is 0 Å². The van der Waals surface area contributed by atoms with Crippen LogP contribution in [0.1, 0.15) is 25.2 Å². The van der Waals surface area contributed by atoms with E-state index in [0.717, 1.165) is 18.7 Å². The van der Waals surface area contributed by atoms with Gasteiger partial charge in [0.2, 0.25) is 0 Å². The van der Waals surface area contributed by atoms with Crippen molar-refractivity contribution in [1.82, 2.24) is 7.76 Å². The zero-order valence-corrected chi connectivity index (χ0v) is 10.6. The molecule has 1 aromatic heterocycles. The summed E-state index contributed by atoms with van der Waals surface area (Å²) in [5.41, 5.74) is 3.75. The Morgan fingerprint density at radius 1 is 1.29 bits per heavy atom. The molecule has 3 heteroatoms. The largest absolute Gasteiger partial charge is 0.268 e. The van der Waals surface area contributed by atoms with Gasteiger partial charge in [0, 0.05) is 6.42 Å². The van der Waals surface area contributed by atoms with Crippen molar-refractivity contribution in [3.05, 3.63) is 29.6 Å². The lowest BCUT2D eigenvalue weighted by atomic mass is 10.1. The van der Waals surface area contributed by atoms with Crippen LogP contribution in [0.4, 0.5) is 0 Å². The average Bonchev–Trinajstić information content (AvgIpc) is 2.55. The molecule has 0 bridgehead atoms. The van der Waals surface area contributed by atoms with Crippen LogP contribution in [0.5, 0.6) is 0 Å². The zero-order chi connectivity index (χ0) is 10.1. The molecular formula is C11H13IN2. The highest BCUT2D eigenvalue weighted by Crippen LogP contribution is 2.22. The van der Waals surface area contributed by atoms with Crippen LogP contribution in [0.15, 0.2) is 18.2 Å². The molecule has 2 rings (SSSR count). The third kappa shape index (κ3) is 1.43. The smallest absolute Gasteiger partial charge is 0.118 e. The summed E-state index contributed by atoms with van der Waals surface area (Å²) in [4.78, 5) is 4.66. The molecule has 0 unspecified atom stereocenters. The van der Waals surface area contributed by atoms with E-state index < -0.39 is 0 Å². The van der Waals surface area contributed by atoms with Crippen molar-refractivity contribution in [1.29, 1.82) is 0 Å². The molecule has 0 amide bonds. The Hall–Kier alpha value is -0.580. The molecule has 0 radical (unpaired) electrons. The van der Waals surface area contributed by atoms with E-state index in [1.165, 1.54) is 16.6 Å². The van der Waals surface area contributed by atoms with Crippen molar-refractivity contribution in [3.63, 3.8) is 0 Å². The van der Waals surface area contributed by atoms with E-state index >= 15 is 0 Å². The van der Waals surface area contributed by atoms with Gasteiger partial charge in [-0.3, -0.25) is 2.78 Å². The van der Waals surface area contributed by atoms with Gasteiger partial charge >= 0.3 is 0 Å². The molecule has 0 aliphatic rings. The summed E-state index contributed by atoms with van der Waals surface area (Å²) in [5, 5.41) is 0. The van der Waals surface area contributed by atoms with Crippen LogP contribution in [0, 0.1) is 0 Å². The Labute approximate surface area is 97.8 Å². The van der Waals surface area contributed by atoms with E-state index in [4.69, 9.17) is 0 Å². The van der Waals surface area contributed by atoms with Gasteiger partial charge < -0.3 is 0 Å². The molecule has 0 atom stereocenters. The van der Waals surface area contributed by atoms with Gasteiger partial charge in [-0.25, -0.2) is 4.98 Å². The molecule has 0 aliphatic heterocycles. The quantitative estimate of drug-likeness (QED) is 0.778. The molecule has 14 heavy (non-hydrogen) atoms. The third-order valence-electron chi connectivity index (χ3n) is 2.47. The summed E-state index contributed by atoms with van der Waals surface area (Å²) in [6.45, 7) is 4.31. The van der Waals surface area contributed by atoms with Gasteiger partial charge in [-0.05, 0) is 18.1 Å². The minimum absolute atomic E-state index is 0.987. The summed E-state index contributed by atoms with van der Waals surface area (Å²) in [6, 6.07) is 6.40. The Kier molecular flexibility index (Phi) is 2.76. The highest BCUT2D eigenvalue weighted by molar-refractivity contribution is 14.1.